The van der Waals surface area contributed by atoms with E-state index in [4.69, 9.17) is 4.74 Å². The summed E-state index contributed by atoms with van der Waals surface area (Å²) < 4.78 is 5.46. The molecule has 3 amide bonds. The summed E-state index contributed by atoms with van der Waals surface area (Å²) in [7, 11) is 1.67. The number of piperazine rings is 1. The Balaban J connectivity index is 1.32. The number of benzene rings is 2. The van der Waals surface area contributed by atoms with Gasteiger partial charge in [0.2, 0.25) is 5.91 Å². The molecule has 7 nitrogen and oxygen atoms in total. The maximum absolute atomic E-state index is 12.8. The Kier molecular flexibility index (Phi) is 6.02. The molecule has 0 radical (unpaired) electrons. The zero-order valence-corrected chi connectivity index (χ0v) is 18.4. The third-order valence-corrected chi connectivity index (χ3v) is 6.25. The molecule has 2 aromatic rings. The van der Waals surface area contributed by atoms with E-state index in [0.29, 0.717) is 26.1 Å². The van der Waals surface area contributed by atoms with E-state index in [1.165, 1.54) is 5.56 Å². The van der Waals surface area contributed by atoms with Crippen LogP contribution < -0.4 is 19.9 Å². The molecule has 0 saturated carbocycles. The Bertz CT molecular complexity index is 969. The lowest BCUT2D eigenvalue weighted by atomic mass is 10.1. The highest BCUT2D eigenvalue weighted by Gasteiger charge is 2.33. The first-order valence-electron chi connectivity index (χ1n) is 10.8. The molecule has 2 saturated heterocycles. The molecule has 2 aliphatic rings. The molecule has 164 valence electrons. The van der Waals surface area contributed by atoms with Gasteiger partial charge in [-0.1, -0.05) is 18.2 Å². The van der Waals surface area contributed by atoms with Crippen molar-refractivity contribution in [3.63, 3.8) is 0 Å². The van der Waals surface area contributed by atoms with Gasteiger partial charge in [-0.2, -0.15) is 0 Å². The molecule has 0 aromatic heterocycles. The number of methoxy groups -OCH3 is 1. The first-order valence-corrected chi connectivity index (χ1v) is 10.8. The number of rotatable bonds is 4. The van der Waals surface area contributed by atoms with Gasteiger partial charge in [0.25, 0.3) is 0 Å². The highest BCUT2D eigenvalue weighted by atomic mass is 16.5. The topological polar surface area (TPSA) is 65.1 Å². The van der Waals surface area contributed by atoms with Crippen LogP contribution in [0.2, 0.25) is 0 Å². The number of hydrogen-bond donors (Lipinski definition) is 1. The van der Waals surface area contributed by atoms with Crippen LogP contribution in [0, 0.1) is 13.8 Å². The number of aryl methyl sites for hydroxylation is 2. The molecule has 1 atom stereocenters. The molecule has 0 spiro atoms. The van der Waals surface area contributed by atoms with Crippen LogP contribution in [0.15, 0.2) is 42.5 Å². The predicted octanol–water partition coefficient (Wildman–Crippen LogP) is 2.95. The number of nitrogens with zero attached hydrogens (tertiary/aromatic N) is 3. The molecule has 2 aromatic carbocycles. The number of anilines is 2. The molecule has 2 fully saturated rings. The summed E-state index contributed by atoms with van der Waals surface area (Å²) in [6, 6.07) is 13.7. The summed E-state index contributed by atoms with van der Waals surface area (Å²) >= 11 is 0. The Morgan fingerprint density at radius 3 is 2.48 bits per heavy atom. The van der Waals surface area contributed by atoms with Gasteiger partial charge in [-0.05, 0) is 49.2 Å². The minimum Gasteiger partial charge on any atom is -0.495 e. The molecule has 0 unspecified atom stereocenters. The van der Waals surface area contributed by atoms with E-state index in [2.05, 4.69) is 17.1 Å². The summed E-state index contributed by atoms with van der Waals surface area (Å²) in [5, 5.41) is 3.06. The molecule has 4 rings (SSSR count). The molecule has 1 N–H and O–H groups in total. The minimum atomic E-state index is -0.172. The predicted molar refractivity (Wildman–Crippen MR) is 122 cm³/mol. The molecule has 7 heteroatoms. The van der Waals surface area contributed by atoms with Crippen LogP contribution >= 0.6 is 0 Å². The van der Waals surface area contributed by atoms with Gasteiger partial charge < -0.3 is 24.8 Å². The van der Waals surface area contributed by atoms with Crippen molar-refractivity contribution in [3.8, 4) is 5.75 Å². The quantitative estimate of drug-likeness (QED) is 0.823. The Morgan fingerprint density at radius 1 is 1.03 bits per heavy atom. The second kappa shape index (κ2) is 8.88. The summed E-state index contributed by atoms with van der Waals surface area (Å²) in [4.78, 5) is 31.2. The lowest BCUT2D eigenvalue weighted by Gasteiger charge is -2.37. The standard InChI is InChI=1S/C24H30N4O3/c1-17-8-9-20(14-18(17)2)28-16-19(15-23(28)29)25-24(30)27-12-10-26(11-13-27)21-6-4-5-7-22(21)31-3/h4-9,14,19H,10-13,15-16H2,1-3H3,(H,25,30)/t19-/m1/s1. The second-order valence-electron chi connectivity index (χ2n) is 8.27. The third-order valence-electron chi connectivity index (χ3n) is 6.25. The fourth-order valence-corrected chi connectivity index (χ4v) is 4.25. The summed E-state index contributed by atoms with van der Waals surface area (Å²) in [6.07, 6.45) is 0.333. The Labute approximate surface area is 183 Å². The van der Waals surface area contributed by atoms with Crippen LogP contribution in [0.4, 0.5) is 16.2 Å². The summed E-state index contributed by atoms with van der Waals surface area (Å²) in [5.41, 5.74) is 4.31. The Morgan fingerprint density at radius 2 is 1.77 bits per heavy atom. The summed E-state index contributed by atoms with van der Waals surface area (Å²) in [6.45, 7) is 7.36. The first-order chi connectivity index (χ1) is 15.0. The van der Waals surface area contributed by atoms with Gasteiger partial charge in [-0.3, -0.25) is 4.79 Å². The van der Waals surface area contributed by atoms with Crippen molar-refractivity contribution in [2.45, 2.75) is 26.3 Å². The SMILES string of the molecule is COc1ccccc1N1CCN(C(=O)N[C@@H]2CC(=O)N(c3ccc(C)c(C)c3)C2)CC1. The highest BCUT2D eigenvalue weighted by Crippen LogP contribution is 2.28. The second-order valence-corrected chi connectivity index (χ2v) is 8.27. The van der Waals surface area contributed by atoms with Crippen molar-refractivity contribution in [2.75, 3.05) is 49.6 Å². The fourth-order valence-electron chi connectivity index (χ4n) is 4.25. The van der Waals surface area contributed by atoms with Crippen LogP contribution in [0.5, 0.6) is 5.75 Å². The maximum atomic E-state index is 12.8. The van der Waals surface area contributed by atoms with Crippen LogP contribution in [0.25, 0.3) is 0 Å². The number of carbonyl (C=O) groups excluding carboxylic acids is 2. The lowest BCUT2D eigenvalue weighted by Crippen LogP contribution is -2.54. The Hall–Kier alpha value is -3.22. The van der Waals surface area contributed by atoms with Gasteiger partial charge in [0.05, 0.1) is 18.8 Å². The molecule has 0 aliphatic carbocycles. The van der Waals surface area contributed by atoms with E-state index < -0.39 is 0 Å². The first kappa shape index (κ1) is 21.0. The number of carbonyl (C=O) groups is 2. The molecule has 31 heavy (non-hydrogen) atoms. The van der Waals surface area contributed by atoms with Gasteiger partial charge in [0.15, 0.2) is 0 Å². The van der Waals surface area contributed by atoms with E-state index in [-0.39, 0.29) is 18.0 Å². The number of nitrogens with one attached hydrogen (secondary N) is 1. The average molecular weight is 423 g/mol. The molecular formula is C24H30N4O3. The summed E-state index contributed by atoms with van der Waals surface area (Å²) in [5.74, 6) is 0.894. The van der Waals surface area contributed by atoms with E-state index in [0.717, 1.165) is 35.8 Å². The monoisotopic (exact) mass is 422 g/mol. The van der Waals surface area contributed by atoms with Crippen molar-refractivity contribution >= 4 is 23.3 Å². The van der Waals surface area contributed by atoms with Crippen LogP contribution in [0.3, 0.4) is 0 Å². The van der Waals surface area contributed by atoms with E-state index in [1.54, 1.807) is 12.0 Å². The van der Waals surface area contributed by atoms with Crippen molar-refractivity contribution in [1.29, 1.82) is 0 Å². The number of para-hydroxylation sites is 2. The highest BCUT2D eigenvalue weighted by molar-refractivity contribution is 5.97. The van der Waals surface area contributed by atoms with Crippen LogP contribution in [-0.4, -0.2) is 62.7 Å². The maximum Gasteiger partial charge on any atom is 0.317 e. The van der Waals surface area contributed by atoms with E-state index in [9.17, 15) is 9.59 Å². The smallest absolute Gasteiger partial charge is 0.317 e. The average Bonchev–Trinajstić information content (AvgIpc) is 3.15. The minimum absolute atomic E-state index is 0.0505. The largest absolute Gasteiger partial charge is 0.495 e. The molecular weight excluding hydrogens is 392 g/mol. The number of amides is 3. The molecule has 2 heterocycles. The van der Waals surface area contributed by atoms with Crippen LogP contribution in [0.1, 0.15) is 17.5 Å². The zero-order valence-electron chi connectivity index (χ0n) is 18.4. The van der Waals surface area contributed by atoms with Crippen molar-refractivity contribution in [1.82, 2.24) is 10.2 Å². The number of ether oxygens (including phenoxy) is 1. The fraction of sp³-hybridized carbons (Fsp3) is 0.417. The molecule has 2 aliphatic heterocycles. The van der Waals surface area contributed by atoms with E-state index >= 15 is 0 Å². The van der Waals surface area contributed by atoms with Crippen molar-refractivity contribution < 1.29 is 14.3 Å². The lowest BCUT2D eigenvalue weighted by molar-refractivity contribution is -0.117. The zero-order chi connectivity index (χ0) is 22.0. The van der Waals surface area contributed by atoms with Gasteiger partial charge in [-0.25, -0.2) is 4.79 Å². The third kappa shape index (κ3) is 4.45. The number of hydrogen-bond acceptors (Lipinski definition) is 4. The van der Waals surface area contributed by atoms with Gasteiger partial charge in [-0.15, -0.1) is 0 Å². The van der Waals surface area contributed by atoms with Gasteiger partial charge in [0, 0.05) is 44.8 Å². The van der Waals surface area contributed by atoms with Crippen molar-refractivity contribution in [3.05, 3.63) is 53.6 Å². The normalized spacial score (nSPS) is 19.0. The van der Waals surface area contributed by atoms with E-state index in [1.807, 2.05) is 54.3 Å². The van der Waals surface area contributed by atoms with Crippen molar-refractivity contribution in [2.24, 2.45) is 0 Å². The van der Waals surface area contributed by atoms with Crippen LogP contribution in [-0.2, 0) is 4.79 Å². The van der Waals surface area contributed by atoms with Gasteiger partial charge in [0.1, 0.15) is 5.75 Å². The van der Waals surface area contributed by atoms with Gasteiger partial charge >= 0.3 is 6.03 Å². The molecule has 0 bridgehead atoms. The number of urea groups is 1.